The Morgan fingerprint density at radius 2 is 1.94 bits per heavy atom. The number of carbonyl (C=O) groups excluding carboxylic acids is 1. The molecule has 0 unspecified atom stereocenters. The fourth-order valence-corrected chi connectivity index (χ4v) is 1.29. The van der Waals surface area contributed by atoms with Crippen LogP contribution in [0.15, 0.2) is 15.7 Å². The Kier molecular flexibility index (Phi) is 5.80. The summed E-state index contributed by atoms with van der Waals surface area (Å²) in [7, 11) is 2.93. The second-order valence-corrected chi connectivity index (χ2v) is 3.88. The second kappa shape index (κ2) is 6.36. The maximum Gasteiger partial charge on any atom is 0.330 e. The number of amides is 1. The largest absolute Gasteiger partial charge is 0.349 e. The molecule has 0 saturated carbocycles. The molecule has 1 rings (SSSR count). The maximum atomic E-state index is 11.6. The summed E-state index contributed by atoms with van der Waals surface area (Å²) in [5.74, 6) is -0.335. The normalized spacial score (nSPS) is 11.6. The van der Waals surface area contributed by atoms with E-state index in [1.165, 1.54) is 24.7 Å². The summed E-state index contributed by atoms with van der Waals surface area (Å²) in [5, 5.41) is 2.54. The van der Waals surface area contributed by atoms with Crippen LogP contribution >= 0.6 is 12.4 Å². The highest BCUT2D eigenvalue weighted by Gasteiger charge is 2.09. The highest BCUT2D eigenvalue weighted by Crippen LogP contribution is 1.90. The molecular formula is C10H17ClN4O3. The van der Waals surface area contributed by atoms with Gasteiger partial charge in [-0.1, -0.05) is 0 Å². The quantitative estimate of drug-likeness (QED) is 0.700. The zero-order valence-electron chi connectivity index (χ0n) is 10.5. The van der Waals surface area contributed by atoms with Gasteiger partial charge < -0.3 is 11.1 Å². The number of hydrogen-bond acceptors (Lipinski definition) is 4. The number of nitrogens with two attached hydrogens (primary N) is 1. The third kappa shape index (κ3) is 3.44. The number of nitrogens with one attached hydrogen (secondary N) is 1. The zero-order chi connectivity index (χ0) is 13.2. The molecular weight excluding hydrogens is 260 g/mol. The Hall–Kier alpha value is -1.60. The lowest BCUT2D eigenvalue weighted by Crippen LogP contribution is -2.42. The highest BCUT2D eigenvalue weighted by molar-refractivity contribution is 5.85. The lowest BCUT2D eigenvalue weighted by Gasteiger charge is -2.11. The van der Waals surface area contributed by atoms with Crippen molar-refractivity contribution in [2.75, 3.05) is 0 Å². The van der Waals surface area contributed by atoms with Gasteiger partial charge in [0.2, 0.25) is 5.91 Å². The van der Waals surface area contributed by atoms with Crippen LogP contribution < -0.4 is 22.3 Å². The molecule has 0 aliphatic heterocycles. The van der Waals surface area contributed by atoms with E-state index in [1.807, 2.05) is 0 Å². The van der Waals surface area contributed by atoms with Crippen molar-refractivity contribution in [1.82, 2.24) is 14.5 Å². The van der Waals surface area contributed by atoms with Gasteiger partial charge in [0.25, 0.3) is 5.56 Å². The van der Waals surface area contributed by atoms with E-state index in [0.29, 0.717) is 5.69 Å². The van der Waals surface area contributed by atoms with Gasteiger partial charge in [0.05, 0.1) is 12.6 Å². The van der Waals surface area contributed by atoms with E-state index >= 15 is 0 Å². The molecule has 0 spiro atoms. The van der Waals surface area contributed by atoms with Gasteiger partial charge in [-0.15, -0.1) is 12.4 Å². The van der Waals surface area contributed by atoms with Gasteiger partial charge in [-0.25, -0.2) is 4.79 Å². The summed E-state index contributed by atoms with van der Waals surface area (Å²) in [6, 6.07) is 0.682. The minimum Gasteiger partial charge on any atom is -0.349 e. The molecule has 0 bridgehead atoms. The van der Waals surface area contributed by atoms with E-state index in [4.69, 9.17) is 5.73 Å². The molecule has 0 aliphatic carbocycles. The number of hydrogen-bond donors (Lipinski definition) is 2. The van der Waals surface area contributed by atoms with Gasteiger partial charge in [0.15, 0.2) is 0 Å². The molecule has 102 valence electrons. The Morgan fingerprint density at radius 1 is 1.39 bits per heavy atom. The van der Waals surface area contributed by atoms with Crippen LogP contribution in [0.25, 0.3) is 0 Å². The molecule has 1 heterocycles. The van der Waals surface area contributed by atoms with Gasteiger partial charge in [0, 0.05) is 25.9 Å². The van der Waals surface area contributed by atoms with Crippen LogP contribution in [0, 0.1) is 0 Å². The topological polar surface area (TPSA) is 99.1 Å². The Morgan fingerprint density at radius 3 is 2.44 bits per heavy atom. The van der Waals surface area contributed by atoms with Crippen molar-refractivity contribution in [3.8, 4) is 0 Å². The van der Waals surface area contributed by atoms with Crippen LogP contribution in [0.3, 0.4) is 0 Å². The second-order valence-electron chi connectivity index (χ2n) is 3.88. The molecule has 18 heavy (non-hydrogen) atoms. The number of halogens is 1. The predicted octanol–water partition coefficient (Wildman–Crippen LogP) is -1.53. The van der Waals surface area contributed by atoms with E-state index < -0.39 is 17.3 Å². The molecule has 0 saturated heterocycles. The average molecular weight is 277 g/mol. The summed E-state index contributed by atoms with van der Waals surface area (Å²) < 4.78 is 2.31. The van der Waals surface area contributed by atoms with Gasteiger partial charge in [-0.2, -0.15) is 0 Å². The van der Waals surface area contributed by atoms with Gasteiger partial charge >= 0.3 is 5.69 Å². The molecule has 1 aromatic heterocycles. The summed E-state index contributed by atoms with van der Waals surface area (Å²) in [6.07, 6.45) is 0. The van der Waals surface area contributed by atoms with E-state index in [9.17, 15) is 14.4 Å². The van der Waals surface area contributed by atoms with Crippen molar-refractivity contribution in [1.29, 1.82) is 0 Å². The molecule has 0 aliphatic rings. The number of carbonyl (C=O) groups is 1. The number of rotatable bonds is 3. The van der Waals surface area contributed by atoms with Crippen LogP contribution in [0.1, 0.15) is 12.6 Å². The van der Waals surface area contributed by atoms with Crippen molar-refractivity contribution in [2.45, 2.75) is 19.5 Å². The van der Waals surface area contributed by atoms with Crippen molar-refractivity contribution < 1.29 is 4.79 Å². The molecule has 0 fully saturated rings. The number of aromatic nitrogens is 2. The fraction of sp³-hybridized carbons (Fsp3) is 0.500. The predicted molar refractivity (Wildman–Crippen MR) is 69.7 cm³/mol. The van der Waals surface area contributed by atoms with Crippen LogP contribution in [0.2, 0.25) is 0 Å². The van der Waals surface area contributed by atoms with Crippen LogP contribution in [-0.4, -0.2) is 21.1 Å². The Balaban J connectivity index is 0.00000289. The molecule has 7 nitrogen and oxygen atoms in total. The summed E-state index contributed by atoms with van der Waals surface area (Å²) in [4.78, 5) is 34.2. The smallest absolute Gasteiger partial charge is 0.330 e. The maximum absolute atomic E-state index is 11.6. The van der Waals surface area contributed by atoms with Gasteiger partial charge in [0.1, 0.15) is 0 Å². The Labute approximate surface area is 110 Å². The first-order chi connectivity index (χ1) is 7.84. The zero-order valence-corrected chi connectivity index (χ0v) is 11.3. The molecule has 1 aromatic rings. The molecule has 1 amide bonds. The van der Waals surface area contributed by atoms with Crippen molar-refractivity contribution in [3.63, 3.8) is 0 Å². The average Bonchev–Trinajstić information content (AvgIpc) is 2.28. The van der Waals surface area contributed by atoms with E-state index in [-0.39, 0.29) is 24.9 Å². The summed E-state index contributed by atoms with van der Waals surface area (Å²) in [5.41, 5.74) is 4.98. The molecule has 3 N–H and O–H groups in total. The monoisotopic (exact) mass is 276 g/mol. The van der Waals surface area contributed by atoms with E-state index in [0.717, 1.165) is 4.57 Å². The molecule has 0 radical (unpaired) electrons. The molecule has 8 heteroatoms. The third-order valence-electron chi connectivity index (χ3n) is 2.48. The number of nitrogens with zero attached hydrogens (tertiary/aromatic N) is 2. The molecule has 1 atom stereocenters. The summed E-state index contributed by atoms with van der Waals surface area (Å²) in [6.45, 7) is 1.65. The fourth-order valence-electron chi connectivity index (χ4n) is 1.29. The highest BCUT2D eigenvalue weighted by atomic mass is 35.5. The van der Waals surface area contributed by atoms with Crippen LogP contribution in [-0.2, 0) is 25.4 Å². The van der Waals surface area contributed by atoms with Crippen molar-refractivity contribution >= 4 is 18.3 Å². The lowest BCUT2D eigenvalue weighted by atomic mass is 10.3. The minimum absolute atomic E-state index is 0. The SMILES string of the molecule is C[C@H](N)C(=O)NCc1cc(=O)n(C)c(=O)n1C.Cl. The first-order valence-electron chi connectivity index (χ1n) is 5.14. The van der Waals surface area contributed by atoms with Gasteiger partial charge in [-0.05, 0) is 6.92 Å². The van der Waals surface area contributed by atoms with Gasteiger partial charge in [-0.3, -0.25) is 18.7 Å². The summed E-state index contributed by atoms with van der Waals surface area (Å²) >= 11 is 0. The first kappa shape index (κ1) is 16.4. The van der Waals surface area contributed by atoms with Crippen LogP contribution in [0.5, 0.6) is 0 Å². The van der Waals surface area contributed by atoms with E-state index in [2.05, 4.69) is 5.32 Å². The lowest BCUT2D eigenvalue weighted by molar-refractivity contribution is -0.122. The molecule has 0 aromatic carbocycles. The van der Waals surface area contributed by atoms with Crippen LogP contribution in [0.4, 0.5) is 0 Å². The minimum atomic E-state index is -0.626. The van der Waals surface area contributed by atoms with Crippen molar-refractivity contribution in [2.24, 2.45) is 19.8 Å². The first-order valence-corrected chi connectivity index (χ1v) is 5.14. The van der Waals surface area contributed by atoms with Crippen molar-refractivity contribution in [3.05, 3.63) is 32.6 Å². The Bertz CT molecular complexity index is 547. The third-order valence-corrected chi connectivity index (χ3v) is 2.48. The van der Waals surface area contributed by atoms with E-state index in [1.54, 1.807) is 6.92 Å². The standard InChI is InChI=1S/C10H16N4O3.ClH/c1-6(11)9(16)12-5-7-4-8(15)14(3)10(17)13(7)2;/h4,6H,5,11H2,1-3H3,(H,12,16);1H/t6-;/m0./s1.